The van der Waals surface area contributed by atoms with Crippen molar-refractivity contribution in [2.75, 3.05) is 25.3 Å². The number of thioether (sulfide) groups is 1. The van der Waals surface area contributed by atoms with Gasteiger partial charge in [0.05, 0.1) is 12.6 Å². The molecule has 28 heavy (non-hydrogen) atoms. The van der Waals surface area contributed by atoms with E-state index in [1.807, 2.05) is 0 Å². The van der Waals surface area contributed by atoms with Gasteiger partial charge in [-0.25, -0.2) is 14.7 Å². The van der Waals surface area contributed by atoms with Gasteiger partial charge in [0.2, 0.25) is 10.8 Å². The molecule has 4 rings (SSSR count). The van der Waals surface area contributed by atoms with Crippen molar-refractivity contribution in [3.63, 3.8) is 0 Å². The van der Waals surface area contributed by atoms with Crippen molar-refractivity contribution in [1.29, 1.82) is 0 Å². The van der Waals surface area contributed by atoms with E-state index in [9.17, 15) is 14.4 Å². The summed E-state index contributed by atoms with van der Waals surface area (Å²) in [6.07, 6.45) is 0.967. The van der Waals surface area contributed by atoms with Crippen LogP contribution >= 0.6 is 11.8 Å². The number of methoxy groups -OCH3 is 1. The second-order valence-electron chi connectivity index (χ2n) is 7.25. The number of carbonyl (C=O) groups is 3. The summed E-state index contributed by atoms with van der Waals surface area (Å²) in [4.78, 5) is 44.1. The van der Waals surface area contributed by atoms with E-state index >= 15 is 0 Å². The molecule has 0 radical (unpaired) electrons. The number of carbonyl (C=O) groups excluding carboxylic acids is 3. The minimum absolute atomic E-state index is 0.0633. The lowest BCUT2D eigenvalue weighted by atomic mass is 9.86. The first-order chi connectivity index (χ1) is 13.2. The van der Waals surface area contributed by atoms with Gasteiger partial charge in [-0.05, 0) is 38.3 Å². The highest BCUT2D eigenvalue weighted by Gasteiger charge is 2.64. The van der Waals surface area contributed by atoms with Gasteiger partial charge in [-0.3, -0.25) is 9.59 Å². The highest BCUT2D eigenvalue weighted by atomic mass is 32.2. The van der Waals surface area contributed by atoms with Crippen molar-refractivity contribution in [3.8, 4) is 5.75 Å². The lowest BCUT2D eigenvalue weighted by molar-refractivity contribution is -0.144. The number of nitrogens with one attached hydrogen (secondary N) is 1. The third-order valence-corrected chi connectivity index (χ3v) is 5.58. The Kier molecular flexibility index (Phi) is 4.07. The number of fused-ring (bicyclic) bond motifs is 2. The van der Waals surface area contributed by atoms with Gasteiger partial charge >= 0.3 is 6.09 Å². The molecule has 9 nitrogen and oxygen atoms in total. The lowest BCUT2D eigenvalue weighted by Gasteiger charge is -2.32. The third kappa shape index (κ3) is 2.40. The second-order valence-corrected chi connectivity index (χ2v) is 8.00. The Bertz CT molecular complexity index is 930. The molecule has 0 bridgehead atoms. The van der Waals surface area contributed by atoms with Crippen molar-refractivity contribution in [2.45, 2.75) is 31.0 Å². The Hall–Kier alpha value is -2.75. The minimum atomic E-state index is -1.71. The Balaban J connectivity index is 1.85. The molecule has 10 heteroatoms. The Morgan fingerprint density at radius 1 is 1.39 bits per heavy atom. The lowest BCUT2D eigenvalue weighted by Crippen LogP contribution is -2.56. The molecule has 1 saturated heterocycles. The fourth-order valence-corrected chi connectivity index (χ4v) is 4.07. The SMILES string of the molecule is COc1ccc2c(c1)[C@@]1(OC(SC)=N[C@H]1C(=O)N1C(=O)OCC1(C)C)C(=O)N2. The van der Waals surface area contributed by atoms with Crippen LogP contribution in [0.15, 0.2) is 23.2 Å². The van der Waals surface area contributed by atoms with E-state index in [1.54, 1.807) is 38.3 Å². The molecule has 3 aliphatic rings. The smallest absolute Gasteiger partial charge is 0.417 e. The molecule has 3 heterocycles. The number of aliphatic imine (C=N–C) groups is 1. The zero-order chi connectivity index (χ0) is 20.3. The number of hydrogen-bond acceptors (Lipinski definition) is 8. The fourth-order valence-electron chi connectivity index (χ4n) is 3.64. The Morgan fingerprint density at radius 2 is 2.14 bits per heavy atom. The van der Waals surface area contributed by atoms with E-state index in [0.717, 1.165) is 4.90 Å². The monoisotopic (exact) mass is 405 g/mol. The largest absolute Gasteiger partial charge is 0.497 e. The summed E-state index contributed by atoms with van der Waals surface area (Å²) in [6.45, 7) is 3.49. The normalized spacial score (nSPS) is 27.2. The van der Waals surface area contributed by atoms with Crippen LogP contribution < -0.4 is 10.1 Å². The summed E-state index contributed by atoms with van der Waals surface area (Å²) in [5.41, 5.74) is -1.63. The zero-order valence-corrected chi connectivity index (χ0v) is 16.6. The summed E-state index contributed by atoms with van der Waals surface area (Å²) in [6, 6.07) is 3.74. The summed E-state index contributed by atoms with van der Waals surface area (Å²) in [5.74, 6) is -0.669. The van der Waals surface area contributed by atoms with E-state index < -0.39 is 35.1 Å². The molecule has 0 unspecified atom stereocenters. The van der Waals surface area contributed by atoms with Crippen molar-refractivity contribution < 1.29 is 28.6 Å². The standard InChI is InChI=1S/C18H19N3O6S/c1-17(2)8-26-16(24)21(17)13(22)12-18(27-15(20-12)28-4)10-7-9(25-3)5-6-11(10)19-14(18)23/h5-7,12H,8H2,1-4H3,(H,19,23)/t12-,18-/m0/s1. The molecule has 1 N–H and O–H groups in total. The number of nitrogens with zero attached hydrogens (tertiary/aromatic N) is 2. The topological polar surface area (TPSA) is 107 Å². The van der Waals surface area contributed by atoms with Crippen LogP contribution in [0.5, 0.6) is 5.75 Å². The van der Waals surface area contributed by atoms with Crippen molar-refractivity contribution in [1.82, 2.24) is 4.90 Å². The van der Waals surface area contributed by atoms with Crippen LogP contribution in [0.3, 0.4) is 0 Å². The Morgan fingerprint density at radius 3 is 2.75 bits per heavy atom. The van der Waals surface area contributed by atoms with Crippen molar-refractivity contribution >= 4 is 40.6 Å². The summed E-state index contributed by atoms with van der Waals surface area (Å²) < 4.78 is 16.3. The molecule has 0 aliphatic carbocycles. The molecular weight excluding hydrogens is 386 g/mol. The Labute approximate surface area is 165 Å². The molecule has 1 aromatic carbocycles. The van der Waals surface area contributed by atoms with E-state index in [1.165, 1.54) is 18.9 Å². The van der Waals surface area contributed by atoms with Gasteiger partial charge in [-0.1, -0.05) is 11.8 Å². The molecule has 1 spiro atoms. The molecule has 1 fully saturated rings. The van der Waals surface area contributed by atoms with E-state index in [0.29, 0.717) is 17.0 Å². The second kappa shape index (κ2) is 6.13. The van der Waals surface area contributed by atoms with Gasteiger partial charge in [0.25, 0.3) is 11.8 Å². The summed E-state index contributed by atoms with van der Waals surface area (Å²) in [5, 5.41) is 2.93. The van der Waals surface area contributed by atoms with Crippen LogP contribution in [-0.4, -0.2) is 59.6 Å². The zero-order valence-electron chi connectivity index (χ0n) is 15.8. The maximum atomic E-state index is 13.4. The first kappa shape index (κ1) is 18.6. The predicted octanol–water partition coefficient (Wildman–Crippen LogP) is 1.72. The third-order valence-electron chi connectivity index (χ3n) is 5.05. The number of imide groups is 1. The molecular formula is C18H19N3O6S. The van der Waals surface area contributed by atoms with Gasteiger partial charge in [-0.2, -0.15) is 0 Å². The highest BCUT2D eigenvalue weighted by molar-refractivity contribution is 8.13. The molecule has 3 aliphatic heterocycles. The number of hydrogen-bond donors (Lipinski definition) is 1. The van der Waals surface area contributed by atoms with Gasteiger partial charge < -0.3 is 19.5 Å². The van der Waals surface area contributed by atoms with E-state index in [2.05, 4.69) is 10.3 Å². The van der Waals surface area contributed by atoms with Crippen LogP contribution in [-0.2, 0) is 24.7 Å². The summed E-state index contributed by atoms with van der Waals surface area (Å²) in [7, 11) is 1.50. The number of benzene rings is 1. The number of ether oxygens (including phenoxy) is 3. The van der Waals surface area contributed by atoms with Crippen LogP contribution in [0.25, 0.3) is 0 Å². The first-order valence-corrected chi connectivity index (χ1v) is 9.78. The predicted molar refractivity (Wildman–Crippen MR) is 101 cm³/mol. The maximum Gasteiger partial charge on any atom is 0.417 e. The molecule has 0 saturated carbocycles. The molecule has 2 atom stereocenters. The van der Waals surface area contributed by atoms with E-state index in [4.69, 9.17) is 14.2 Å². The number of amides is 3. The van der Waals surface area contributed by atoms with Gasteiger partial charge in [0.1, 0.15) is 12.4 Å². The van der Waals surface area contributed by atoms with Crippen molar-refractivity contribution in [2.24, 2.45) is 4.99 Å². The number of rotatable bonds is 2. The molecule has 3 amide bonds. The summed E-state index contributed by atoms with van der Waals surface area (Å²) >= 11 is 1.17. The minimum Gasteiger partial charge on any atom is -0.497 e. The number of cyclic esters (lactones) is 1. The molecule has 1 aromatic rings. The highest BCUT2D eigenvalue weighted by Crippen LogP contribution is 2.48. The average molecular weight is 405 g/mol. The first-order valence-electron chi connectivity index (χ1n) is 8.56. The van der Waals surface area contributed by atoms with Gasteiger partial charge in [-0.15, -0.1) is 0 Å². The molecule has 148 valence electrons. The van der Waals surface area contributed by atoms with Crippen LogP contribution in [0.4, 0.5) is 10.5 Å². The van der Waals surface area contributed by atoms with E-state index in [-0.39, 0.29) is 11.8 Å². The van der Waals surface area contributed by atoms with Crippen LogP contribution in [0.2, 0.25) is 0 Å². The van der Waals surface area contributed by atoms with Gasteiger partial charge in [0.15, 0.2) is 6.04 Å². The van der Waals surface area contributed by atoms with Gasteiger partial charge in [0, 0.05) is 11.3 Å². The number of anilines is 1. The van der Waals surface area contributed by atoms with Crippen molar-refractivity contribution in [3.05, 3.63) is 23.8 Å². The van der Waals surface area contributed by atoms with Crippen LogP contribution in [0.1, 0.15) is 19.4 Å². The fraction of sp³-hybridized carbons (Fsp3) is 0.444. The molecule has 0 aromatic heterocycles. The quantitative estimate of drug-likeness (QED) is 0.798. The van der Waals surface area contributed by atoms with Crippen LogP contribution in [0, 0.1) is 0 Å². The maximum absolute atomic E-state index is 13.4. The average Bonchev–Trinajstić information content (AvgIpc) is 3.28.